The van der Waals surface area contributed by atoms with E-state index < -0.39 is 34.7 Å². The average molecular weight is 479 g/mol. The minimum absolute atomic E-state index is 0.105. The molecule has 2 atom stereocenters. The van der Waals surface area contributed by atoms with Gasteiger partial charge >= 0.3 is 11.9 Å². The number of non-ortho nitro benzene ring substituents is 1. The van der Waals surface area contributed by atoms with Crippen LogP contribution in [0.15, 0.2) is 53.0 Å². The van der Waals surface area contributed by atoms with E-state index in [1.807, 2.05) is 0 Å². The highest BCUT2D eigenvalue weighted by Crippen LogP contribution is 2.27. The van der Waals surface area contributed by atoms with Crippen molar-refractivity contribution in [2.24, 2.45) is 0 Å². The standard InChI is InChI=1S/C20H19BrN2O7/c1-2-30-17(24)11-16(12-6-8-15(9-7-12)23(28)29)18(20(26)27)22-19(25)13-4-3-5-14(21)10-13/h3-10,16,18H,2,11H2,1H3,(H,22,25)(H,26,27)/t16-,18-/m1/s1. The highest BCUT2D eigenvalue weighted by Gasteiger charge is 2.33. The van der Waals surface area contributed by atoms with Crippen LogP contribution in [0.1, 0.15) is 35.2 Å². The topological polar surface area (TPSA) is 136 Å². The molecule has 2 aromatic rings. The maximum absolute atomic E-state index is 12.6. The summed E-state index contributed by atoms with van der Waals surface area (Å²) in [5.41, 5.74) is 0.392. The Kier molecular flexibility index (Phi) is 8.05. The summed E-state index contributed by atoms with van der Waals surface area (Å²) in [7, 11) is 0. The number of rotatable bonds is 9. The predicted molar refractivity (Wildman–Crippen MR) is 110 cm³/mol. The third-order valence-electron chi connectivity index (χ3n) is 4.27. The number of halogens is 1. The quantitative estimate of drug-likeness (QED) is 0.320. The Morgan fingerprint density at radius 2 is 1.87 bits per heavy atom. The molecule has 0 saturated heterocycles. The first-order chi connectivity index (χ1) is 14.2. The van der Waals surface area contributed by atoms with Gasteiger partial charge in [-0.05, 0) is 30.7 Å². The number of carboxylic acid groups (broad SMARTS) is 1. The van der Waals surface area contributed by atoms with Crippen LogP contribution < -0.4 is 5.32 Å². The molecule has 0 radical (unpaired) electrons. The summed E-state index contributed by atoms with van der Waals surface area (Å²) < 4.78 is 5.57. The summed E-state index contributed by atoms with van der Waals surface area (Å²) in [6, 6.07) is 10.1. The Bertz CT molecular complexity index is 946. The van der Waals surface area contributed by atoms with E-state index in [1.54, 1.807) is 19.1 Å². The summed E-state index contributed by atoms with van der Waals surface area (Å²) >= 11 is 3.25. The fourth-order valence-electron chi connectivity index (χ4n) is 2.86. The van der Waals surface area contributed by atoms with Gasteiger partial charge in [0.25, 0.3) is 11.6 Å². The van der Waals surface area contributed by atoms with Gasteiger partial charge in [-0.2, -0.15) is 0 Å². The molecule has 158 valence electrons. The zero-order chi connectivity index (χ0) is 22.3. The Hall–Kier alpha value is -3.27. The monoisotopic (exact) mass is 478 g/mol. The summed E-state index contributed by atoms with van der Waals surface area (Å²) in [4.78, 5) is 47.0. The second-order valence-electron chi connectivity index (χ2n) is 6.26. The second kappa shape index (κ2) is 10.5. The molecule has 0 unspecified atom stereocenters. The van der Waals surface area contributed by atoms with Crippen LogP contribution in [-0.4, -0.2) is 40.5 Å². The van der Waals surface area contributed by atoms with Crippen molar-refractivity contribution in [3.8, 4) is 0 Å². The summed E-state index contributed by atoms with van der Waals surface area (Å²) in [5.74, 6) is -3.65. The van der Waals surface area contributed by atoms with Gasteiger partial charge in [0.15, 0.2) is 0 Å². The van der Waals surface area contributed by atoms with Gasteiger partial charge in [-0.3, -0.25) is 19.7 Å². The lowest BCUT2D eigenvalue weighted by molar-refractivity contribution is -0.384. The summed E-state index contributed by atoms with van der Waals surface area (Å²) in [6.45, 7) is 1.72. The van der Waals surface area contributed by atoms with Crippen LogP contribution >= 0.6 is 15.9 Å². The number of amides is 1. The molecular formula is C20H19BrN2O7. The number of nitro benzene ring substituents is 1. The number of hydrogen-bond donors (Lipinski definition) is 2. The summed E-state index contributed by atoms with van der Waals surface area (Å²) in [5, 5.41) is 23.1. The lowest BCUT2D eigenvalue weighted by Gasteiger charge is -2.25. The molecular weight excluding hydrogens is 460 g/mol. The smallest absolute Gasteiger partial charge is 0.326 e. The lowest BCUT2D eigenvalue weighted by atomic mass is 9.88. The molecule has 0 saturated carbocycles. The minimum Gasteiger partial charge on any atom is -0.480 e. The van der Waals surface area contributed by atoms with Crippen LogP contribution in [0.2, 0.25) is 0 Å². The number of carboxylic acids is 1. The summed E-state index contributed by atoms with van der Waals surface area (Å²) in [6.07, 6.45) is -0.332. The zero-order valence-corrected chi connectivity index (χ0v) is 17.5. The van der Waals surface area contributed by atoms with Crippen molar-refractivity contribution in [2.75, 3.05) is 6.61 Å². The van der Waals surface area contributed by atoms with Crippen molar-refractivity contribution >= 4 is 39.5 Å². The Balaban J connectivity index is 2.38. The van der Waals surface area contributed by atoms with Crippen molar-refractivity contribution in [1.29, 1.82) is 0 Å². The maximum Gasteiger partial charge on any atom is 0.326 e. The first-order valence-corrected chi connectivity index (χ1v) is 9.71. The fraction of sp³-hybridized carbons (Fsp3) is 0.250. The number of nitro groups is 1. The van der Waals surface area contributed by atoms with E-state index in [0.29, 0.717) is 10.0 Å². The Labute approximate surface area is 180 Å². The van der Waals surface area contributed by atoms with E-state index in [-0.39, 0.29) is 24.3 Å². The van der Waals surface area contributed by atoms with Gasteiger partial charge in [-0.25, -0.2) is 4.79 Å². The molecule has 1 amide bonds. The van der Waals surface area contributed by atoms with Crippen LogP contribution in [0.3, 0.4) is 0 Å². The SMILES string of the molecule is CCOC(=O)C[C@H](c1ccc([N+](=O)[O-])cc1)[C@@H](NC(=O)c1cccc(Br)c1)C(=O)O. The number of carbonyl (C=O) groups excluding carboxylic acids is 2. The van der Waals surface area contributed by atoms with Crippen LogP contribution in [-0.2, 0) is 14.3 Å². The molecule has 0 aromatic heterocycles. The molecule has 0 bridgehead atoms. The molecule has 2 rings (SSSR count). The molecule has 0 aliphatic rings. The Morgan fingerprint density at radius 3 is 2.40 bits per heavy atom. The molecule has 0 fully saturated rings. The van der Waals surface area contributed by atoms with Crippen molar-refractivity contribution in [1.82, 2.24) is 5.32 Å². The van der Waals surface area contributed by atoms with Crippen molar-refractivity contribution in [3.63, 3.8) is 0 Å². The molecule has 9 nitrogen and oxygen atoms in total. The van der Waals surface area contributed by atoms with Gasteiger partial charge in [0.05, 0.1) is 18.0 Å². The number of benzene rings is 2. The third kappa shape index (κ3) is 6.11. The molecule has 0 aliphatic carbocycles. The maximum atomic E-state index is 12.6. The van der Waals surface area contributed by atoms with Crippen molar-refractivity contribution in [2.45, 2.75) is 25.3 Å². The number of esters is 1. The van der Waals surface area contributed by atoms with Crippen molar-refractivity contribution in [3.05, 3.63) is 74.2 Å². The van der Waals surface area contributed by atoms with Gasteiger partial charge in [-0.15, -0.1) is 0 Å². The van der Waals surface area contributed by atoms with Gasteiger partial charge in [-0.1, -0.05) is 34.1 Å². The first-order valence-electron chi connectivity index (χ1n) is 8.92. The molecule has 30 heavy (non-hydrogen) atoms. The highest BCUT2D eigenvalue weighted by atomic mass is 79.9. The van der Waals surface area contributed by atoms with E-state index in [0.717, 1.165) is 0 Å². The van der Waals surface area contributed by atoms with Gasteiger partial charge in [0.1, 0.15) is 6.04 Å². The average Bonchev–Trinajstić information content (AvgIpc) is 2.70. The third-order valence-corrected chi connectivity index (χ3v) is 4.76. The van der Waals surface area contributed by atoms with Crippen molar-refractivity contribution < 1.29 is 29.2 Å². The van der Waals surface area contributed by atoms with E-state index in [9.17, 15) is 29.6 Å². The Morgan fingerprint density at radius 1 is 1.20 bits per heavy atom. The lowest BCUT2D eigenvalue weighted by Crippen LogP contribution is -2.45. The van der Waals surface area contributed by atoms with E-state index in [1.165, 1.54) is 36.4 Å². The normalized spacial score (nSPS) is 12.5. The number of aliphatic carboxylic acids is 1. The fourth-order valence-corrected chi connectivity index (χ4v) is 3.26. The molecule has 2 N–H and O–H groups in total. The van der Waals surface area contributed by atoms with Crippen LogP contribution in [0.25, 0.3) is 0 Å². The van der Waals surface area contributed by atoms with Crippen LogP contribution in [0, 0.1) is 10.1 Å². The van der Waals surface area contributed by atoms with E-state index >= 15 is 0 Å². The van der Waals surface area contributed by atoms with Gasteiger partial charge in [0.2, 0.25) is 0 Å². The van der Waals surface area contributed by atoms with Crippen LogP contribution in [0.5, 0.6) is 0 Å². The largest absolute Gasteiger partial charge is 0.480 e. The molecule has 0 aliphatic heterocycles. The molecule has 0 heterocycles. The molecule has 10 heteroatoms. The number of nitrogens with one attached hydrogen (secondary N) is 1. The molecule has 2 aromatic carbocycles. The van der Waals surface area contributed by atoms with E-state index in [4.69, 9.17) is 4.74 Å². The van der Waals surface area contributed by atoms with Gasteiger partial charge in [0, 0.05) is 28.1 Å². The minimum atomic E-state index is -1.47. The van der Waals surface area contributed by atoms with Crippen LogP contribution in [0.4, 0.5) is 5.69 Å². The van der Waals surface area contributed by atoms with Gasteiger partial charge < -0.3 is 15.2 Å². The predicted octanol–water partition coefficient (Wildman–Crippen LogP) is 3.28. The number of carbonyl (C=O) groups is 3. The number of nitrogens with zero attached hydrogens (tertiary/aromatic N) is 1. The second-order valence-corrected chi connectivity index (χ2v) is 7.18. The zero-order valence-electron chi connectivity index (χ0n) is 15.9. The number of hydrogen-bond acceptors (Lipinski definition) is 6. The first kappa shape index (κ1) is 23.0. The van der Waals surface area contributed by atoms with E-state index in [2.05, 4.69) is 21.2 Å². The highest BCUT2D eigenvalue weighted by molar-refractivity contribution is 9.10. The molecule has 0 spiro atoms. The number of ether oxygens (including phenoxy) is 1.